The molecule has 0 aliphatic carbocycles. The molecule has 21 heavy (non-hydrogen) atoms. The van der Waals surface area contributed by atoms with Gasteiger partial charge in [-0.15, -0.1) is 0 Å². The molecule has 4 nitrogen and oxygen atoms in total. The van der Waals surface area contributed by atoms with Crippen LogP contribution in [0.5, 0.6) is 5.75 Å². The molecule has 0 fully saturated rings. The Bertz CT molecular complexity index is 526. The third kappa shape index (κ3) is 6.06. The minimum absolute atomic E-state index is 0.100. The Morgan fingerprint density at radius 1 is 1.14 bits per heavy atom. The quantitative estimate of drug-likeness (QED) is 0.761. The van der Waals surface area contributed by atoms with Crippen molar-refractivity contribution in [3.05, 3.63) is 29.8 Å². The van der Waals surface area contributed by atoms with E-state index in [0.717, 1.165) is 11.3 Å². The number of sulfone groups is 1. The first-order valence-corrected chi connectivity index (χ1v) is 9.37. The summed E-state index contributed by atoms with van der Waals surface area (Å²) in [6.07, 6.45) is 0. The summed E-state index contributed by atoms with van der Waals surface area (Å²) >= 11 is 0. The van der Waals surface area contributed by atoms with Gasteiger partial charge in [0.1, 0.15) is 5.75 Å². The Kier molecular flexibility index (Phi) is 7.18. The van der Waals surface area contributed by atoms with Crippen LogP contribution >= 0.6 is 0 Å². The zero-order valence-corrected chi connectivity index (χ0v) is 14.2. The molecular weight excluding hydrogens is 286 g/mol. The second kappa shape index (κ2) is 8.39. The highest BCUT2D eigenvalue weighted by molar-refractivity contribution is 7.91. The molecule has 0 aliphatic heterocycles. The first-order chi connectivity index (χ1) is 9.89. The number of para-hydroxylation sites is 1. The molecular formula is C16H27NO3S. The van der Waals surface area contributed by atoms with Crippen molar-refractivity contribution in [2.24, 2.45) is 5.92 Å². The first-order valence-electron chi connectivity index (χ1n) is 7.55. The minimum atomic E-state index is -3.10. The van der Waals surface area contributed by atoms with Gasteiger partial charge in [0.15, 0.2) is 9.84 Å². The summed E-state index contributed by atoms with van der Waals surface area (Å²) in [5.74, 6) is 1.21. The average Bonchev–Trinajstić information content (AvgIpc) is 2.37. The van der Waals surface area contributed by atoms with Crippen molar-refractivity contribution in [1.82, 2.24) is 5.32 Å². The van der Waals surface area contributed by atoms with Gasteiger partial charge < -0.3 is 10.1 Å². The van der Waals surface area contributed by atoms with E-state index in [1.54, 1.807) is 0 Å². The Morgan fingerprint density at radius 2 is 1.81 bits per heavy atom. The van der Waals surface area contributed by atoms with Gasteiger partial charge in [0.25, 0.3) is 0 Å². The summed E-state index contributed by atoms with van der Waals surface area (Å²) in [5.41, 5.74) is 0.911. The molecule has 1 N–H and O–H groups in total. The van der Waals surface area contributed by atoms with Crippen LogP contribution in [0.25, 0.3) is 0 Å². The molecule has 0 aliphatic rings. The predicted octanol–water partition coefficient (Wildman–Crippen LogP) is 2.81. The Hall–Kier alpha value is -1.07. The maximum atomic E-state index is 12.3. The molecule has 120 valence electrons. The van der Waals surface area contributed by atoms with E-state index in [2.05, 4.69) is 5.32 Å². The molecule has 5 heteroatoms. The molecule has 0 heterocycles. The third-order valence-corrected chi connectivity index (χ3v) is 5.07. The van der Waals surface area contributed by atoms with Crippen LogP contribution in [0.15, 0.2) is 24.3 Å². The Labute approximate surface area is 128 Å². The smallest absolute Gasteiger partial charge is 0.152 e. The van der Waals surface area contributed by atoms with Gasteiger partial charge in [-0.2, -0.15) is 0 Å². The van der Waals surface area contributed by atoms with Gasteiger partial charge >= 0.3 is 0 Å². The first kappa shape index (κ1) is 18.0. The largest absolute Gasteiger partial charge is 0.494 e. The van der Waals surface area contributed by atoms with Crippen LogP contribution < -0.4 is 10.1 Å². The summed E-state index contributed by atoms with van der Waals surface area (Å²) in [6, 6.07) is 7.40. The number of benzene rings is 1. The molecule has 0 saturated carbocycles. The predicted molar refractivity (Wildman–Crippen MR) is 87.5 cm³/mol. The van der Waals surface area contributed by atoms with Crippen LogP contribution in [0, 0.1) is 5.92 Å². The van der Waals surface area contributed by atoms with E-state index in [0.29, 0.717) is 13.2 Å². The SMILES string of the molecule is CCNC(CS(=O)(=O)CC(C)C)c1ccccc1OCC. The van der Waals surface area contributed by atoms with Crippen molar-refractivity contribution in [3.8, 4) is 5.75 Å². The highest BCUT2D eigenvalue weighted by atomic mass is 32.2. The van der Waals surface area contributed by atoms with Crippen LogP contribution in [-0.4, -0.2) is 33.1 Å². The maximum absolute atomic E-state index is 12.3. The van der Waals surface area contributed by atoms with Crippen LogP contribution in [0.2, 0.25) is 0 Å². The highest BCUT2D eigenvalue weighted by Crippen LogP contribution is 2.26. The topological polar surface area (TPSA) is 55.4 Å². The maximum Gasteiger partial charge on any atom is 0.152 e. The van der Waals surface area contributed by atoms with Crippen molar-refractivity contribution >= 4 is 9.84 Å². The van der Waals surface area contributed by atoms with Gasteiger partial charge in [0.2, 0.25) is 0 Å². The van der Waals surface area contributed by atoms with Crippen LogP contribution in [0.4, 0.5) is 0 Å². The van der Waals surface area contributed by atoms with E-state index in [4.69, 9.17) is 4.74 Å². The molecule has 1 unspecified atom stereocenters. The van der Waals surface area contributed by atoms with Crippen LogP contribution in [-0.2, 0) is 9.84 Å². The van der Waals surface area contributed by atoms with Gasteiger partial charge in [-0.05, 0) is 25.5 Å². The molecule has 0 saturated heterocycles. The Morgan fingerprint density at radius 3 is 2.38 bits per heavy atom. The molecule has 0 spiro atoms. The Balaban J connectivity index is 3.02. The fraction of sp³-hybridized carbons (Fsp3) is 0.625. The van der Waals surface area contributed by atoms with Crippen molar-refractivity contribution < 1.29 is 13.2 Å². The lowest BCUT2D eigenvalue weighted by Crippen LogP contribution is -2.30. The lowest BCUT2D eigenvalue weighted by molar-refractivity contribution is 0.332. The highest BCUT2D eigenvalue weighted by Gasteiger charge is 2.23. The van der Waals surface area contributed by atoms with Crippen molar-refractivity contribution in [2.45, 2.75) is 33.7 Å². The van der Waals surface area contributed by atoms with Gasteiger partial charge in [0.05, 0.1) is 18.1 Å². The van der Waals surface area contributed by atoms with E-state index in [9.17, 15) is 8.42 Å². The fourth-order valence-electron chi connectivity index (χ4n) is 2.39. The third-order valence-electron chi connectivity index (χ3n) is 3.05. The zero-order chi connectivity index (χ0) is 15.9. The zero-order valence-electron chi connectivity index (χ0n) is 13.4. The summed E-state index contributed by atoms with van der Waals surface area (Å²) in [5, 5.41) is 3.27. The number of hydrogen-bond donors (Lipinski definition) is 1. The summed E-state index contributed by atoms with van der Waals surface area (Å²) in [7, 11) is -3.10. The van der Waals surface area contributed by atoms with Crippen molar-refractivity contribution in [1.29, 1.82) is 0 Å². The second-order valence-corrected chi connectivity index (χ2v) is 7.71. The van der Waals surface area contributed by atoms with E-state index in [1.165, 1.54) is 0 Å². The fourth-order valence-corrected chi connectivity index (χ4v) is 4.35. The molecule has 1 atom stereocenters. The molecule has 0 radical (unpaired) electrons. The summed E-state index contributed by atoms with van der Waals surface area (Å²) < 4.78 is 30.2. The number of hydrogen-bond acceptors (Lipinski definition) is 4. The summed E-state index contributed by atoms with van der Waals surface area (Å²) in [6.45, 7) is 9.03. The molecule has 0 amide bonds. The molecule has 1 aromatic carbocycles. The van der Waals surface area contributed by atoms with E-state index in [1.807, 2.05) is 52.0 Å². The van der Waals surface area contributed by atoms with Gasteiger partial charge in [-0.3, -0.25) is 0 Å². The van der Waals surface area contributed by atoms with E-state index >= 15 is 0 Å². The number of nitrogens with one attached hydrogen (secondary N) is 1. The lowest BCUT2D eigenvalue weighted by Gasteiger charge is -2.21. The van der Waals surface area contributed by atoms with Gasteiger partial charge in [-0.25, -0.2) is 8.42 Å². The molecule has 0 aromatic heterocycles. The molecule has 1 rings (SSSR count). The molecule has 1 aromatic rings. The average molecular weight is 313 g/mol. The molecule has 0 bridgehead atoms. The van der Waals surface area contributed by atoms with Crippen molar-refractivity contribution in [3.63, 3.8) is 0 Å². The monoisotopic (exact) mass is 313 g/mol. The summed E-state index contributed by atoms with van der Waals surface area (Å²) in [4.78, 5) is 0. The van der Waals surface area contributed by atoms with Crippen molar-refractivity contribution in [2.75, 3.05) is 24.7 Å². The van der Waals surface area contributed by atoms with Crippen LogP contribution in [0.3, 0.4) is 0 Å². The minimum Gasteiger partial charge on any atom is -0.494 e. The standard InChI is InChI=1S/C16H27NO3S/c1-5-17-15(12-21(18,19)11-13(3)4)14-9-7-8-10-16(14)20-6-2/h7-10,13,15,17H,5-6,11-12H2,1-4H3. The van der Waals surface area contributed by atoms with E-state index in [-0.39, 0.29) is 23.5 Å². The van der Waals surface area contributed by atoms with E-state index < -0.39 is 9.84 Å². The number of ether oxygens (including phenoxy) is 1. The van der Waals surface area contributed by atoms with Gasteiger partial charge in [-0.1, -0.05) is 39.0 Å². The second-order valence-electron chi connectivity index (χ2n) is 5.55. The lowest BCUT2D eigenvalue weighted by atomic mass is 10.1. The van der Waals surface area contributed by atoms with Crippen LogP contribution in [0.1, 0.15) is 39.3 Å². The van der Waals surface area contributed by atoms with Gasteiger partial charge in [0, 0.05) is 11.6 Å². The number of rotatable bonds is 9. The normalized spacial score (nSPS) is 13.4.